The summed E-state index contributed by atoms with van der Waals surface area (Å²) in [6.45, 7) is 4.28. The number of fused-ring (bicyclic) bond motifs is 1. The highest BCUT2D eigenvalue weighted by Gasteiger charge is 2.30. The summed E-state index contributed by atoms with van der Waals surface area (Å²) in [4.78, 5) is 28.2. The van der Waals surface area contributed by atoms with Gasteiger partial charge < -0.3 is 0 Å². The molecule has 0 saturated carbocycles. The molecule has 6 nitrogen and oxygen atoms in total. The summed E-state index contributed by atoms with van der Waals surface area (Å²) in [6.07, 6.45) is 2.22. The van der Waals surface area contributed by atoms with Crippen LogP contribution in [0.2, 0.25) is 0 Å². The Morgan fingerprint density at radius 3 is 3.00 bits per heavy atom. The van der Waals surface area contributed by atoms with E-state index in [2.05, 4.69) is 11.6 Å². The van der Waals surface area contributed by atoms with Crippen molar-refractivity contribution in [2.75, 3.05) is 11.4 Å². The van der Waals surface area contributed by atoms with Gasteiger partial charge in [-0.3, -0.25) is 19.8 Å². The van der Waals surface area contributed by atoms with Crippen LogP contribution in [-0.4, -0.2) is 22.4 Å². The van der Waals surface area contributed by atoms with Crippen molar-refractivity contribution < 1.29 is 9.72 Å². The zero-order chi connectivity index (χ0) is 14.3. The Labute approximate surface area is 118 Å². The second-order valence-corrected chi connectivity index (χ2v) is 5.62. The van der Waals surface area contributed by atoms with E-state index >= 15 is 0 Å². The van der Waals surface area contributed by atoms with E-state index in [0.717, 1.165) is 4.70 Å². The van der Waals surface area contributed by atoms with Crippen molar-refractivity contribution in [1.29, 1.82) is 0 Å². The van der Waals surface area contributed by atoms with Gasteiger partial charge in [-0.05, 0) is 6.07 Å². The Morgan fingerprint density at radius 1 is 1.55 bits per heavy atom. The van der Waals surface area contributed by atoms with Gasteiger partial charge in [-0.1, -0.05) is 17.4 Å². The zero-order valence-electron chi connectivity index (χ0n) is 10.5. The van der Waals surface area contributed by atoms with Crippen LogP contribution in [0.5, 0.6) is 0 Å². The van der Waals surface area contributed by atoms with Crippen LogP contribution in [0.1, 0.15) is 6.42 Å². The third kappa shape index (κ3) is 2.05. The molecule has 0 aliphatic carbocycles. The number of nitro benzene ring substituents is 1. The summed E-state index contributed by atoms with van der Waals surface area (Å²) in [5, 5.41) is 11.3. The Balaban J connectivity index is 1.99. The molecule has 0 spiro atoms. The van der Waals surface area contributed by atoms with Crippen molar-refractivity contribution in [3.05, 3.63) is 41.0 Å². The Morgan fingerprint density at radius 2 is 2.35 bits per heavy atom. The maximum absolute atomic E-state index is 11.9. The van der Waals surface area contributed by atoms with Gasteiger partial charge in [0.25, 0.3) is 5.69 Å². The number of nitro groups is 1. The molecule has 1 aliphatic rings. The number of benzene rings is 1. The Bertz CT molecular complexity index is 725. The van der Waals surface area contributed by atoms with Gasteiger partial charge in [0.1, 0.15) is 0 Å². The molecular weight excluding hydrogens is 278 g/mol. The molecule has 102 valence electrons. The van der Waals surface area contributed by atoms with Crippen molar-refractivity contribution in [3.8, 4) is 0 Å². The minimum Gasteiger partial charge on any atom is -0.287 e. The first-order valence-corrected chi connectivity index (χ1v) is 6.88. The number of amides is 1. The summed E-state index contributed by atoms with van der Waals surface area (Å²) < 4.78 is 0.834. The number of thiazole rings is 1. The molecule has 1 atom stereocenters. The van der Waals surface area contributed by atoms with Gasteiger partial charge in [-0.15, -0.1) is 6.58 Å². The lowest BCUT2D eigenvalue weighted by atomic mass is 10.1. The number of hydrogen-bond donors (Lipinski definition) is 0. The molecule has 0 radical (unpaired) electrons. The molecule has 2 aromatic rings. The van der Waals surface area contributed by atoms with Crippen LogP contribution >= 0.6 is 11.3 Å². The van der Waals surface area contributed by atoms with E-state index in [4.69, 9.17) is 0 Å². The molecular formula is C13H11N3O3S. The molecule has 1 fully saturated rings. The molecule has 2 heterocycles. The first kappa shape index (κ1) is 12.7. The molecule has 1 aliphatic heterocycles. The number of carbonyl (C=O) groups excluding carboxylic acids is 1. The smallest absolute Gasteiger partial charge is 0.271 e. The predicted molar refractivity (Wildman–Crippen MR) is 76.9 cm³/mol. The predicted octanol–water partition coefficient (Wildman–Crippen LogP) is 2.74. The van der Waals surface area contributed by atoms with Gasteiger partial charge in [0.2, 0.25) is 5.91 Å². The van der Waals surface area contributed by atoms with Gasteiger partial charge in [0.05, 0.1) is 15.1 Å². The van der Waals surface area contributed by atoms with Crippen LogP contribution in [0.25, 0.3) is 10.2 Å². The minimum absolute atomic E-state index is 0.00562. The fraction of sp³-hybridized carbons (Fsp3) is 0.231. The standard InChI is InChI=1S/C13H11N3O3S/c1-2-8-5-12(17)15(7-8)13-14-10-6-9(16(18)19)3-4-11(10)20-13/h2-4,6,8H,1,5,7H2. The molecule has 20 heavy (non-hydrogen) atoms. The summed E-state index contributed by atoms with van der Waals surface area (Å²) in [7, 11) is 0. The monoisotopic (exact) mass is 289 g/mol. The molecule has 1 saturated heterocycles. The van der Waals surface area contributed by atoms with E-state index in [-0.39, 0.29) is 17.5 Å². The topological polar surface area (TPSA) is 76.3 Å². The lowest BCUT2D eigenvalue weighted by molar-refractivity contribution is -0.384. The highest BCUT2D eigenvalue weighted by atomic mass is 32.1. The van der Waals surface area contributed by atoms with Gasteiger partial charge in [-0.2, -0.15) is 0 Å². The van der Waals surface area contributed by atoms with E-state index < -0.39 is 4.92 Å². The SMILES string of the molecule is C=CC1CC(=O)N(c2nc3cc([N+](=O)[O-])ccc3s2)C1. The summed E-state index contributed by atoms with van der Waals surface area (Å²) in [5.41, 5.74) is 0.556. The van der Waals surface area contributed by atoms with Crippen LogP contribution in [0.4, 0.5) is 10.8 Å². The second kappa shape index (κ2) is 4.68. The van der Waals surface area contributed by atoms with Crippen LogP contribution in [0, 0.1) is 16.0 Å². The molecule has 1 amide bonds. The molecule has 1 aromatic carbocycles. The number of anilines is 1. The average Bonchev–Trinajstić information content (AvgIpc) is 3.00. The Hall–Kier alpha value is -2.28. The van der Waals surface area contributed by atoms with Crippen LogP contribution in [0.3, 0.4) is 0 Å². The largest absolute Gasteiger partial charge is 0.287 e. The first-order chi connectivity index (χ1) is 9.58. The molecule has 3 rings (SSSR count). The van der Waals surface area contributed by atoms with Gasteiger partial charge in [0, 0.05) is 31.0 Å². The fourth-order valence-electron chi connectivity index (χ4n) is 2.21. The molecule has 1 unspecified atom stereocenters. The van der Waals surface area contributed by atoms with Gasteiger partial charge in [0.15, 0.2) is 5.13 Å². The second-order valence-electron chi connectivity index (χ2n) is 4.61. The van der Waals surface area contributed by atoms with Gasteiger partial charge in [-0.25, -0.2) is 4.98 Å². The number of carbonyl (C=O) groups is 1. The van der Waals surface area contributed by atoms with Crippen LogP contribution < -0.4 is 4.90 Å². The molecule has 1 aromatic heterocycles. The lowest BCUT2D eigenvalue weighted by Gasteiger charge is -2.11. The minimum atomic E-state index is -0.451. The number of rotatable bonds is 3. The van der Waals surface area contributed by atoms with Crippen molar-refractivity contribution in [2.45, 2.75) is 6.42 Å². The summed E-state index contributed by atoms with van der Waals surface area (Å²) in [5.74, 6) is 0.160. The normalized spacial score (nSPS) is 18.7. The zero-order valence-corrected chi connectivity index (χ0v) is 11.3. The van der Waals surface area contributed by atoms with Crippen LogP contribution in [-0.2, 0) is 4.79 Å². The van der Waals surface area contributed by atoms with Crippen molar-refractivity contribution in [1.82, 2.24) is 4.98 Å². The van der Waals surface area contributed by atoms with E-state index in [1.54, 1.807) is 17.0 Å². The number of nitrogens with zero attached hydrogens (tertiary/aromatic N) is 3. The van der Waals surface area contributed by atoms with Crippen LogP contribution in [0.15, 0.2) is 30.9 Å². The number of aromatic nitrogens is 1. The maximum atomic E-state index is 11.9. The number of hydrogen-bond acceptors (Lipinski definition) is 5. The summed E-state index contributed by atoms with van der Waals surface area (Å²) in [6, 6.07) is 4.55. The molecule has 0 bridgehead atoms. The van der Waals surface area contributed by atoms with Crippen molar-refractivity contribution in [2.24, 2.45) is 5.92 Å². The van der Waals surface area contributed by atoms with E-state index in [9.17, 15) is 14.9 Å². The quantitative estimate of drug-likeness (QED) is 0.494. The summed E-state index contributed by atoms with van der Waals surface area (Å²) >= 11 is 1.37. The fourth-order valence-corrected chi connectivity index (χ4v) is 3.18. The third-order valence-electron chi connectivity index (χ3n) is 3.29. The highest BCUT2D eigenvalue weighted by Crippen LogP contribution is 2.34. The van der Waals surface area contributed by atoms with E-state index in [0.29, 0.717) is 23.6 Å². The Kier molecular flexibility index (Phi) is 2.98. The molecule has 0 N–H and O–H groups in total. The highest BCUT2D eigenvalue weighted by molar-refractivity contribution is 7.22. The van der Waals surface area contributed by atoms with Gasteiger partial charge >= 0.3 is 0 Å². The third-order valence-corrected chi connectivity index (χ3v) is 4.35. The first-order valence-electron chi connectivity index (χ1n) is 6.06. The van der Waals surface area contributed by atoms with E-state index in [1.807, 2.05) is 0 Å². The molecule has 7 heteroatoms. The van der Waals surface area contributed by atoms with Crippen molar-refractivity contribution in [3.63, 3.8) is 0 Å². The lowest BCUT2D eigenvalue weighted by Crippen LogP contribution is -2.23. The number of non-ortho nitro benzene ring substituents is 1. The van der Waals surface area contributed by atoms with E-state index in [1.165, 1.54) is 23.5 Å². The van der Waals surface area contributed by atoms with Crippen molar-refractivity contribution >= 4 is 38.3 Å². The average molecular weight is 289 g/mol. The maximum Gasteiger partial charge on any atom is 0.271 e.